The van der Waals surface area contributed by atoms with Crippen LogP contribution in [-0.2, 0) is 0 Å². The molecule has 0 aliphatic heterocycles. The van der Waals surface area contributed by atoms with Gasteiger partial charge in [0.15, 0.2) is 0 Å². The zero-order valence-corrected chi connectivity index (χ0v) is 13.8. The van der Waals surface area contributed by atoms with Crippen molar-refractivity contribution in [3.63, 3.8) is 0 Å². The predicted molar refractivity (Wildman–Crippen MR) is 91.4 cm³/mol. The first-order valence-corrected chi connectivity index (χ1v) is 7.58. The summed E-state index contributed by atoms with van der Waals surface area (Å²) in [5, 5.41) is 0. The van der Waals surface area contributed by atoms with Gasteiger partial charge in [0.05, 0.1) is 11.0 Å². The van der Waals surface area contributed by atoms with Gasteiger partial charge in [-0.25, -0.2) is 4.98 Å². The lowest BCUT2D eigenvalue weighted by Crippen LogP contribution is -2.22. The van der Waals surface area contributed by atoms with Crippen LogP contribution >= 0.6 is 0 Å². The Morgan fingerprint density at radius 1 is 0.955 bits per heavy atom. The molecule has 3 heteroatoms. The Labute approximate surface area is 131 Å². The van der Waals surface area contributed by atoms with Crippen LogP contribution in [0.2, 0.25) is 0 Å². The van der Waals surface area contributed by atoms with Gasteiger partial charge in [0, 0.05) is 5.56 Å². The summed E-state index contributed by atoms with van der Waals surface area (Å²) >= 11 is 0. The normalized spacial score (nSPS) is 11.9. The molecule has 3 aromatic rings. The number of hydrogen-bond acceptors (Lipinski definition) is 2. The molecule has 0 aliphatic rings. The first-order chi connectivity index (χ1) is 10.3. The molecule has 114 valence electrons. The van der Waals surface area contributed by atoms with E-state index < -0.39 is 0 Å². The summed E-state index contributed by atoms with van der Waals surface area (Å²) in [6, 6.07) is 12.3. The van der Waals surface area contributed by atoms with Crippen LogP contribution in [0.3, 0.4) is 0 Å². The third-order valence-corrected chi connectivity index (χ3v) is 3.65. The Bertz CT molecular complexity index is 769. The Morgan fingerprint density at radius 2 is 1.59 bits per heavy atom. The van der Waals surface area contributed by atoms with E-state index in [-0.39, 0.29) is 5.60 Å². The minimum Gasteiger partial charge on any atom is -0.488 e. The largest absolute Gasteiger partial charge is 0.488 e. The number of H-pyrrole nitrogens is 1. The maximum Gasteiger partial charge on any atom is 0.138 e. The number of imidazole rings is 1. The van der Waals surface area contributed by atoms with E-state index in [2.05, 4.69) is 31.0 Å². The van der Waals surface area contributed by atoms with Gasteiger partial charge < -0.3 is 9.72 Å². The molecular weight excluding hydrogens is 272 g/mol. The molecule has 2 aromatic carbocycles. The number of nitrogens with one attached hydrogen (secondary N) is 1. The number of nitrogens with zero attached hydrogens (tertiary/aromatic N) is 1. The standard InChI is InChI=1S/C19H22N2O/c1-12-10-16-17(11-13(12)2)21-18(20-16)14-6-8-15(9-7-14)22-19(3,4)5/h6-11H,1-5H3,(H,20,21). The fraction of sp³-hybridized carbons (Fsp3) is 0.316. The average Bonchev–Trinajstić information content (AvgIpc) is 2.81. The molecule has 0 saturated heterocycles. The quantitative estimate of drug-likeness (QED) is 0.720. The Kier molecular flexibility index (Phi) is 3.44. The highest BCUT2D eigenvalue weighted by molar-refractivity contribution is 5.81. The number of aromatic nitrogens is 2. The summed E-state index contributed by atoms with van der Waals surface area (Å²) < 4.78 is 5.85. The number of rotatable bonds is 2. The first kappa shape index (κ1) is 14.6. The fourth-order valence-electron chi connectivity index (χ4n) is 2.44. The number of fused-ring (bicyclic) bond motifs is 1. The predicted octanol–water partition coefficient (Wildman–Crippen LogP) is 5.02. The molecule has 0 spiro atoms. The van der Waals surface area contributed by atoms with Crippen LogP contribution in [0.25, 0.3) is 22.4 Å². The van der Waals surface area contributed by atoms with E-state index in [1.807, 2.05) is 45.0 Å². The van der Waals surface area contributed by atoms with Crippen molar-refractivity contribution in [2.24, 2.45) is 0 Å². The maximum atomic E-state index is 5.85. The number of ether oxygens (including phenoxy) is 1. The van der Waals surface area contributed by atoms with Crippen LogP contribution in [0.15, 0.2) is 36.4 Å². The van der Waals surface area contributed by atoms with Crippen LogP contribution in [-0.4, -0.2) is 15.6 Å². The van der Waals surface area contributed by atoms with Gasteiger partial charge in [0.2, 0.25) is 0 Å². The van der Waals surface area contributed by atoms with Crippen molar-refractivity contribution in [3.05, 3.63) is 47.5 Å². The lowest BCUT2D eigenvalue weighted by Gasteiger charge is -2.21. The second-order valence-corrected chi connectivity index (χ2v) is 6.78. The number of aromatic amines is 1. The molecule has 1 heterocycles. The number of aryl methyl sites for hydroxylation is 2. The van der Waals surface area contributed by atoms with E-state index in [0.717, 1.165) is 28.2 Å². The van der Waals surface area contributed by atoms with Crippen molar-refractivity contribution in [2.45, 2.75) is 40.2 Å². The highest BCUT2D eigenvalue weighted by Crippen LogP contribution is 2.25. The third kappa shape index (κ3) is 2.98. The van der Waals surface area contributed by atoms with Crippen molar-refractivity contribution in [1.82, 2.24) is 9.97 Å². The second-order valence-electron chi connectivity index (χ2n) is 6.78. The van der Waals surface area contributed by atoms with Gasteiger partial charge in [0.1, 0.15) is 17.2 Å². The molecule has 1 aromatic heterocycles. The lowest BCUT2D eigenvalue weighted by atomic mass is 10.1. The van der Waals surface area contributed by atoms with E-state index in [0.29, 0.717) is 0 Å². The Balaban J connectivity index is 1.94. The molecule has 0 fully saturated rings. The van der Waals surface area contributed by atoms with Gasteiger partial charge >= 0.3 is 0 Å². The fourth-order valence-corrected chi connectivity index (χ4v) is 2.44. The summed E-state index contributed by atoms with van der Waals surface area (Å²) in [6.45, 7) is 10.4. The molecule has 0 bridgehead atoms. The van der Waals surface area contributed by atoms with Crippen molar-refractivity contribution in [2.75, 3.05) is 0 Å². The van der Waals surface area contributed by atoms with Gasteiger partial charge in [0.25, 0.3) is 0 Å². The van der Waals surface area contributed by atoms with Crippen molar-refractivity contribution in [3.8, 4) is 17.1 Å². The summed E-state index contributed by atoms with van der Waals surface area (Å²) in [4.78, 5) is 8.09. The van der Waals surface area contributed by atoms with Crippen molar-refractivity contribution >= 4 is 11.0 Å². The van der Waals surface area contributed by atoms with Gasteiger partial charge in [-0.1, -0.05) is 0 Å². The Morgan fingerprint density at radius 3 is 2.23 bits per heavy atom. The van der Waals surface area contributed by atoms with Gasteiger partial charge in [-0.15, -0.1) is 0 Å². The van der Waals surface area contributed by atoms with E-state index >= 15 is 0 Å². The SMILES string of the molecule is Cc1cc2nc(-c3ccc(OC(C)(C)C)cc3)[nH]c2cc1C. The molecule has 22 heavy (non-hydrogen) atoms. The van der Waals surface area contributed by atoms with Gasteiger partial charge in [-0.05, 0) is 82.1 Å². The van der Waals surface area contributed by atoms with E-state index in [1.54, 1.807) is 0 Å². The number of hydrogen-bond donors (Lipinski definition) is 1. The molecule has 0 unspecified atom stereocenters. The van der Waals surface area contributed by atoms with Gasteiger partial charge in [-0.3, -0.25) is 0 Å². The highest BCUT2D eigenvalue weighted by atomic mass is 16.5. The van der Waals surface area contributed by atoms with Crippen LogP contribution in [0, 0.1) is 13.8 Å². The van der Waals surface area contributed by atoms with E-state index in [4.69, 9.17) is 9.72 Å². The highest BCUT2D eigenvalue weighted by Gasteiger charge is 2.12. The molecule has 0 saturated carbocycles. The van der Waals surface area contributed by atoms with Crippen LogP contribution < -0.4 is 4.74 Å². The minimum atomic E-state index is -0.185. The van der Waals surface area contributed by atoms with Gasteiger partial charge in [-0.2, -0.15) is 0 Å². The number of benzene rings is 2. The monoisotopic (exact) mass is 294 g/mol. The first-order valence-electron chi connectivity index (χ1n) is 7.58. The minimum absolute atomic E-state index is 0.185. The lowest BCUT2D eigenvalue weighted by molar-refractivity contribution is 0.131. The third-order valence-electron chi connectivity index (χ3n) is 3.65. The van der Waals surface area contributed by atoms with E-state index in [9.17, 15) is 0 Å². The van der Waals surface area contributed by atoms with Crippen LogP contribution in [0.5, 0.6) is 5.75 Å². The zero-order chi connectivity index (χ0) is 15.9. The average molecular weight is 294 g/mol. The summed E-state index contributed by atoms with van der Waals surface area (Å²) in [5.41, 5.74) is 5.50. The molecule has 0 amide bonds. The molecule has 3 rings (SSSR count). The molecule has 0 atom stereocenters. The topological polar surface area (TPSA) is 37.9 Å². The van der Waals surface area contributed by atoms with Crippen molar-refractivity contribution < 1.29 is 4.74 Å². The summed E-state index contributed by atoms with van der Waals surface area (Å²) in [5.74, 6) is 1.77. The smallest absolute Gasteiger partial charge is 0.138 e. The molecule has 1 N–H and O–H groups in total. The van der Waals surface area contributed by atoms with Crippen LogP contribution in [0.1, 0.15) is 31.9 Å². The van der Waals surface area contributed by atoms with E-state index in [1.165, 1.54) is 11.1 Å². The molecule has 3 nitrogen and oxygen atoms in total. The molecule has 0 radical (unpaired) electrons. The molecular formula is C19H22N2O. The maximum absolute atomic E-state index is 5.85. The summed E-state index contributed by atoms with van der Waals surface area (Å²) in [7, 11) is 0. The zero-order valence-electron chi connectivity index (χ0n) is 13.8. The van der Waals surface area contributed by atoms with Crippen molar-refractivity contribution in [1.29, 1.82) is 0 Å². The van der Waals surface area contributed by atoms with Crippen LogP contribution in [0.4, 0.5) is 0 Å². The second kappa shape index (κ2) is 5.16. The summed E-state index contributed by atoms with van der Waals surface area (Å²) in [6.07, 6.45) is 0. The molecule has 0 aliphatic carbocycles. The Hall–Kier alpha value is -2.29.